The molecule has 0 aliphatic rings. The Bertz CT molecular complexity index is 872. The summed E-state index contributed by atoms with van der Waals surface area (Å²) in [5.74, 6) is 0.307. The van der Waals surface area contributed by atoms with Crippen LogP contribution in [0.4, 0.5) is 11.4 Å². The third-order valence-electron chi connectivity index (χ3n) is 3.27. The van der Waals surface area contributed by atoms with Gasteiger partial charge < -0.3 is 19.6 Å². The number of carbonyl (C=O) groups is 1. The highest BCUT2D eigenvalue weighted by molar-refractivity contribution is 6.32. The Morgan fingerprint density at radius 1 is 1.30 bits per heavy atom. The van der Waals surface area contributed by atoms with Gasteiger partial charge in [-0.25, -0.2) is 0 Å². The number of nitro benzene ring substituents is 1. The second-order valence-electron chi connectivity index (χ2n) is 5.10. The van der Waals surface area contributed by atoms with Crippen LogP contribution in [-0.4, -0.2) is 37.9 Å². The standard InChI is InChI=1S/C17H16ClN3O6/c1-25-15-7-11(6-14(18)17(15)26-2)9-19-27-10-16(22)20-12-4-3-5-13(8-12)21(23)24/h3-9H,10H2,1-2H3,(H,20,22)/b19-9+. The normalized spacial score (nSPS) is 10.5. The summed E-state index contributed by atoms with van der Waals surface area (Å²) in [5, 5.41) is 17.2. The van der Waals surface area contributed by atoms with Crippen LogP contribution in [0.2, 0.25) is 5.02 Å². The molecule has 2 rings (SSSR count). The van der Waals surface area contributed by atoms with Crippen molar-refractivity contribution in [2.45, 2.75) is 0 Å². The second-order valence-corrected chi connectivity index (χ2v) is 5.51. The van der Waals surface area contributed by atoms with Crippen molar-refractivity contribution in [2.24, 2.45) is 5.16 Å². The lowest BCUT2D eigenvalue weighted by molar-refractivity contribution is -0.384. The summed E-state index contributed by atoms with van der Waals surface area (Å²) in [5.41, 5.74) is 0.738. The van der Waals surface area contributed by atoms with E-state index in [0.717, 1.165) is 0 Å². The zero-order valence-electron chi connectivity index (χ0n) is 14.5. The maximum absolute atomic E-state index is 11.8. The summed E-state index contributed by atoms with van der Waals surface area (Å²) in [4.78, 5) is 26.9. The molecule has 2 aromatic rings. The average Bonchev–Trinajstić information content (AvgIpc) is 2.65. The van der Waals surface area contributed by atoms with Crippen LogP contribution in [0.25, 0.3) is 0 Å². The van der Waals surface area contributed by atoms with E-state index in [9.17, 15) is 14.9 Å². The van der Waals surface area contributed by atoms with Crippen molar-refractivity contribution in [3.8, 4) is 11.5 Å². The molecule has 0 unspecified atom stereocenters. The monoisotopic (exact) mass is 393 g/mol. The number of non-ortho nitro benzene ring substituents is 1. The first-order valence-corrected chi connectivity index (χ1v) is 7.93. The van der Waals surface area contributed by atoms with E-state index in [-0.39, 0.29) is 18.0 Å². The summed E-state index contributed by atoms with van der Waals surface area (Å²) in [6, 6.07) is 8.80. The predicted molar refractivity (Wildman–Crippen MR) is 99.8 cm³/mol. The average molecular weight is 394 g/mol. The second kappa shape index (κ2) is 9.39. The molecule has 0 fully saturated rings. The molecule has 0 bridgehead atoms. The van der Waals surface area contributed by atoms with Gasteiger partial charge in [0.2, 0.25) is 0 Å². The molecule has 0 saturated carbocycles. The summed E-state index contributed by atoms with van der Waals surface area (Å²) in [7, 11) is 2.95. The first-order chi connectivity index (χ1) is 12.9. The Balaban J connectivity index is 1.92. The van der Waals surface area contributed by atoms with Gasteiger partial charge in [-0.1, -0.05) is 22.8 Å². The van der Waals surface area contributed by atoms with Crippen LogP contribution in [0.3, 0.4) is 0 Å². The van der Waals surface area contributed by atoms with Gasteiger partial charge in [0.05, 0.1) is 30.4 Å². The highest BCUT2D eigenvalue weighted by Crippen LogP contribution is 2.35. The van der Waals surface area contributed by atoms with Crippen molar-refractivity contribution < 1.29 is 24.0 Å². The predicted octanol–water partition coefficient (Wildman–Crippen LogP) is 3.25. The van der Waals surface area contributed by atoms with Crippen LogP contribution in [0.1, 0.15) is 5.56 Å². The molecular weight excluding hydrogens is 378 g/mol. The number of methoxy groups -OCH3 is 2. The van der Waals surface area contributed by atoms with Crippen molar-refractivity contribution in [3.05, 3.63) is 57.1 Å². The number of oxime groups is 1. The van der Waals surface area contributed by atoms with Crippen LogP contribution in [0.5, 0.6) is 11.5 Å². The highest BCUT2D eigenvalue weighted by atomic mass is 35.5. The number of rotatable bonds is 8. The van der Waals surface area contributed by atoms with Crippen LogP contribution < -0.4 is 14.8 Å². The number of hydrogen-bond donors (Lipinski definition) is 1. The molecular formula is C17H16ClN3O6. The minimum Gasteiger partial charge on any atom is -0.493 e. The number of benzene rings is 2. The molecule has 0 radical (unpaired) electrons. The van der Waals surface area contributed by atoms with E-state index in [1.54, 1.807) is 12.1 Å². The van der Waals surface area contributed by atoms with E-state index in [1.165, 1.54) is 44.7 Å². The van der Waals surface area contributed by atoms with Crippen molar-refractivity contribution in [1.29, 1.82) is 0 Å². The first-order valence-electron chi connectivity index (χ1n) is 7.55. The fourth-order valence-corrected chi connectivity index (χ4v) is 2.40. The molecule has 10 heteroatoms. The molecule has 1 amide bonds. The summed E-state index contributed by atoms with van der Waals surface area (Å²) < 4.78 is 10.3. The minimum absolute atomic E-state index is 0.128. The highest BCUT2D eigenvalue weighted by Gasteiger charge is 2.10. The van der Waals surface area contributed by atoms with E-state index >= 15 is 0 Å². The molecule has 0 spiro atoms. The van der Waals surface area contributed by atoms with Gasteiger partial charge in [0.15, 0.2) is 18.1 Å². The Hall–Kier alpha value is -3.33. The molecule has 1 N–H and O–H groups in total. The number of anilines is 1. The van der Waals surface area contributed by atoms with Gasteiger partial charge >= 0.3 is 0 Å². The molecule has 0 aliphatic carbocycles. The quantitative estimate of drug-likeness (QED) is 0.418. The fraction of sp³-hybridized carbons (Fsp3) is 0.176. The first kappa shape index (κ1) is 20.0. The van der Waals surface area contributed by atoms with Crippen molar-refractivity contribution in [2.75, 3.05) is 26.1 Å². The maximum atomic E-state index is 11.8. The van der Waals surface area contributed by atoms with Gasteiger partial charge in [0.25, 0.3) is 11.6 Å². The number of nitrogens with zero attached hydrogens (tertiary/aromatic N) is 2. The topological polar surface area (TPSA) is 112 Å². The molecule has 0 atom stereocenters. The molecule has 0 aliphatic heterocycles. The van der Waals surface area contributed by atoms with Crippen LogP contribution >= 0.6 is 11.6 Å². The van der Waals surface area contributed by atoms with Gasteiger partial charge in [0, 0.05) is 23.4 Å². The number of nitrogens with one attached hydrogen (secondary N) is 1. The van der Waals surface area contributed by atoms with Crippen LogP contribution in [-0.2, 0) is 9.63 Å². The fourth-order valence-electron chi connectivity index (χ4n) is 2.10. The zero-order chi connectivity index (χ0) is 19.8. The number of hydrogen-bond acceptors (Lipinski definition) is 7. The van der Waals surface area contributed by atoms with E-state index in [4.69, 9.17) is 25.9 Å². The molecule has 0 saturated heterocycles. The van der Waals surface area contributed by atoms with E-state index in [0.29, 0.717) is 22.1 Å². The Kier molecular flexibility index (Phi) is 6.95. The summed E-state index contributed by atoms with van der Waals surface area (Å²) >= 11 is 6.08. The lowest BCUT2D eigenvalue weighted by atomic mass is 10.2. The molecule has 0 aromatic heterocycles. The van der Waals surface area contributed by atoms with Crippen LogP contribution in [0.15, 0.2) is 41.6 Å². The Morgan fingerprint density at radius 3 is 2.74 bits per heavy atom. The largest absolute Gasteiger partial charge is 0.493 e. The Morgan fingerprint density at radius 2 is 2.07 bits per heavy atom. The van der Waals surface area contributed by atoms with E-state index < -0.39 is 10.8 Å². The molecule has 9 nitrogen and oxygen atoms in total. The smallest absolute Gasteiger partial charge is 0.271 e. The number of amides is 1. The van der Waals surface area contributed by atoms with Crippen molar-refractivity contribution in [1.82, 2.24) is 0 Å². The maximum Gasteiger partial charge on any atom is 0.271 e. The lowest BCUT2D eigenvalue weighted by Gasteiger charge is -2.09. The number of carbonyl (C=O) groups excluding carboxylic acids is 1. The molecule has 2 aromatic carbocycles. The van der Waals surface area contributed by atoms with Crippen LogP contribution in [0, 0.1) is 10.1 Å². The molecule has 0 heterocycles. The van der Waals surface area contributed by atoms with Crippen molar-refractivity contribution >= 4 is 35.1 Å². The third kappa shape index (κ3) is 5.58. The number of ether oxygens (including phenoxy) is 2. The summed E-state index contributed by atoms with van der Waals surface area (Å²) in [6.07, 6.45) is 1.36. The summed E-state index contributed by atoms with van der Waals surface area (Å²) in [6.45, 7) is -0.375. The lowest BCUT2D eigenvalue weighted by Crippen LogP contribution is -2.17. The van der Waals surface area contributed by atoms with Crippen molar-refractivity contribution in [3.63, 3.8) is 0 Å². The molecule has 27 heavy (non-hydrogen) atoms. The van der Waals surface area contributed by atoms with Gasteiger partial charge in [0.1, 0.15) is 0 Å². The SMILES string of the molecule is COc1cc(/C=N/OCC(=O)Nc2cccc([N+](=O)[O-])c2)cc(Cl)c1OC. The van der Waals surface area contributed by atoms with Gasteiger partial charge in [-0.2, -0.15) is 0 Å². The van der Waals surface area contributed by atoms with Gasteiger partial charge in [-0.05, 0) is 18.2 Å². The number of nitro groups is 1. The van der Waals surface area contributed by atoms with E-state index in [2.05, 4.69) is 10.5 Å². The van der Waals surface area contributed by atoms with E-state index in [1.807, 2.05) is 0 Å². The third-order valence-corrected chi connectivity index (χ3v) is 3.55. The van der Waals surface area contributed by atoms with Gasteiger partial charge in [-0.3, -0.25) is 14.9 Å². The van der Waals surface area contributed by atoms with Gasteiger partial charge in [-0.15, -0.1) is 0 Å². The minimum atomic E-state index is -0.551. The number of halogens is 1. The zero-order valence-corrected chi connectivity index (χ0v) is 15.2. The molecule has 142 valence electrons. The Labute approximate surface area is 159 Å².